The average Bonchev–Trinajstić information content (AvgIpc) is 2.82. The number of hydrogen-bond donors (Lipinski definition) is 1. The van der Waals surface area contributed by atoms with E-state index in [0.717, 1.165) is 12.1 Å². The van der Waals surface area contributed by atoms with Crippen LogP contribution in [0.2, 0.25) is 0 Å². The van der Waals surface area contributed by atoms with Gasteiger partial charge in [0.25, 0.3) is 0 Å². The Kier molecular flexibility index (Phi) is 3.53. The molecule has 0 aliphatic heterocycles. The first-order valence-corrected chi connectivity index (χ1v) is 5.76. The summed E-state index contributed by atoms with van der Waals surface area (Å²) in [6.45, 7) is 0. The first kappa shape index (κ1) is 11.8. The highest BCUT2D eigenvalue weighted by Gasteiger charge is 2.10. The van der Waals surface area contributed by atoms with E-state index in [4.69, 9.17) is 0 Å². The molecule has 3 nitrogen and oxygen atoms in total. The quantitative estimate of drug-likeness (QED) is 0.674. The zero-order valence-electron chi connectivity index (χ0n) is 8.61. The summed E-state index contributed by atoms with van der Waals surface area (Å²) in [6, 6.07) is 3.12. The van der Waals surface area contributed by atoms with Gasteiger partial charge in [-0.2, -0.15) is 0 Å². The van der Waals surface area contributed by atoms with E-state index in [-0.39, 0.29) is 17.1 Å². The molecule has 88 valence electrons. The lowest BCUT2D eigenvalue weighted by Gasteiger charge is -2.00. The molecule has 17 heavy (non-hydrogen) atoms. The molecule has 1 aromatic heterocycles. The number of aromatic nitrogens is 2. The molecule has 0 atom stereocenters. The zero-order chi connectivity index (χ0) is 12.3. The van der Waals surface area contributed by atoms with Crippen LogP contribution < -0.4 is 0 Å². The van der Waals surface area contributed by atoms with Crippen molar-refractivity contribution in [1.29, 1.82) is 0 Å². The van der Waals surface area contributed by atoms with Gasteiger partial charge in [0.15, 0.2) is 22.6 Å². The predicted molar refractivity (Wildman–Crippen MR) is 60.0 cm³/mol. The van der Waals surface area contributed by atoms with Crippen molar-refractivity contribution >= 4 is 17.5 Å². The van der Waals surface area contributed by atoms with Crippen LogP contribution in [0, 0.1) is 11.6 Å². The molecule has 0 aliphatic rings. The highest BCUT2D eigenvalue weighted by Crippen LogP contribution is 2.15. The number of carbonyl (C=O) groups is 1. The van der Waals surface area contributed by atoms with Crippen LogP contribution in [0.5, 0.6) is 0 Å². The summed E-state index contributed by atoms with van der Waals surface area (Å²) in [5.41, 5.74) is 0.156. The second-order valence-corrected chi connectivity index (χ2v) is 4.20. The highest BCUT2D eigenvalue weighted by molar-refractivity contribution is 7.99. The number of H-pyrrole nitrogens is 1. The number of thioether (sulfide) groups is 1. The third-order valence-corrected chi connectivity index (χ3v) is 2.96. The highest BCUT2D eigenvalue weighted by atomic mass is 32.2. The van der Waals surface area contributed by atoms with Crippen molar-refractivity contribution in [1.82, 2.24) is 9.97 Å². The van der Waals surface area contributed by atoms with Gasteiger partial charge in [0.05, 0.1) is 5.75 Å². The van der Waals surface area contributed by atoms with Crippen LogP contribution in [0.15, 0.2) is 35.7 Å². The minimum absolute atomic E-state index is 0.124. The van der Waals surface area contributed by atoms with Crippen LogP contribution in [0.3, 0.4) is 0 Å². The number of halogens is 2. The lowest BCUT2D eigenvalue weighted by atomic mass is 10.1. The van der Waals surface area contributed by atoms with Gasteiger partial charge in [-0.15, -0.1) is 0 Å². The fourth-order valence-corrected chi connectivity index (χ4v) is 1.94. The molecule has 0 radical (unpaired) electrons. The first-order chi connectivity index (χ1) is 8.16. The Labute approximate surface area is 100 Å². The van der Waals surface area contributed by atoms with Crippen LogP contribution in [0.4, 0.5) is 8.78 Å². The minimum atomic E-state index is -1.01. The molecule has 0 spiro atoms. The third-order valence-electron chi connectivity index (χ3n) is 2.05. The number of rotatable bonds is 4. The van der Waals surface area contributed by atoms with Gasteiger partial charge in [0.2, 0.25) is 0 Å². The maximum absolute atomic E-state index is 12.9. The molecule has 2 rings (SSSR count). The van der Waals surface area contributed by atoms with Gasteiger partial charge in [-0.25, -0.2) is 13.8 Å². The van der Waals surface area contributed by atoms with Gasteiger partial charge >= 0.3 is 0 Å². The van der Waals surface area contributed by atoms with Crippen molar-refractivity contribution in [2.24, 2.45) is 0 Å². The van der Waals surface area contributed by atoms with Crippen LogP contribution in [-0.4, -0.2) is 21.5 Å². The molecule has 0 amide bonds. The topological polar surface area (TPSA) is 45.8 Å². The lowest BCUT2D eigenvalue weighted by molar-refractivity contribution is 0.102. The van der Waals surface area contributed by atoms with Crippen molar-refractivity contribution in [2.75, 3.05) is 5.75 Å². The summed E-state index contributed by atoms with van der Waals surface area (Å²) in [5.74, 6) is -2.12. The van der Waals surface area contributed by atoms with E-state index >= 15 is 0 Å². The Morgan fingerprint density at radius 2 is 2.18 bits per heavy atom. The van der Waals surface area contributed by atoms with E-state index in [1.807, 2.05) is 0 Å². The van der Waals surface area contributed by atoms with Crippen LogP contribution in [-0.2, 0) is 0 Å². The number of Topliss-reactive ketones (excluding diaryl/α,β-unsaturated/α-hetero) is 1. The fourth-order valence-electron chi connectivity index (χ4n) is 1.22. The summed E-state index contributed by atoms with van der Waals surface area (Å²) in [5, 5.41) is 0.612. The van der Waals surface area contributed by atoms with Crippen LogP contribution >= 0.6 is 11.8 Å². The van der Waals surface area contributed by atoms with Gasteiger partial charge in [0.1, 0.15) is 0 Å². The minimum Gasteiger partial charge on any atom is -0.340 e. The third kappa shape index (κ3) is 2.91. The van der Waals surface area contributed by atoms with Crippen molar-refractivity contribution in [3.63, 3.8) is 0 Å². The smallest absolute Gasteiger partial charge is 0.173 e. The number of ketones is 1. The molecule has 1 heterocycles. The molecular formula is C11H8F2N2OS. The van der Waals surface area contributed by atoms with Gasteiger partial charge in [-0.3, -0.25) is 4.79 Å². The molecule has 1 N–H and O–H groups in total. The Morgan fingerprint density at radius 3 is 2.82 bits per heavy atom. The van der Waals surface area contributed by atoms with Gasteiger partial charge < -0.3 is 4.98 Å². The number of hydrogen-bond acceptors (Lipinski definition) is 3. The Balaban J connectivity index is 2.02. The van der Waals surface area contributed by atoms with Gasteiger partial charge in [-0.05, 0) is 18.2 Å². The molecule has 0 saturated heterocycles. The number of nitrogens with one attached hydrogen (secondary N) is 1. The Hall–Kier alpha value is -1.69. The van der Waals surface area contributed by atoms with Crippen molar-refractivity contribution in [3.8, 4) is 0 Å². The number of benzene rings is 1. The molecule has 0 aliphatic carbocycles. The number of carbonyl (C=O) groups excluding carboxylic acids is 1. The number of nitrogens with zero attached hydrogens (tertiary/aromatic N) is 1. The maximum atomic E-state index is 12.9. The monoisotopic (exact) mass is 254 g/mol. The summed E-state index contributed by atoms with van der Waals surface area (Å²) >= 11 is 1.21. The standard InChI is InChI=1S/C11H8F2N2OS/c12-8-2-1-7(5-9(8)13)10(16)6-17-11-14-3-4-15-11/h1-5H,6H2,(H,14,15). The lowest BCUT2D eigenvalue weighted by Crippen LogP contribution is -2.03. The molecule has 1 aromatic carbocycles. The van der Waals surface area contributed by atoms with E-state index < -0.39 is 11.6 Å². The number of aromatic amines is 1. The molecule has 6 heteroatoms. The SMILES string of the molecule is O=C(CSc1ncc[nH]1)c1ccc(F)c(F)c1. The summed E-state index contributed by atoms with van der Waals surface area (Å²) < 4.78 is 25.6. The molecule has 0 bridgehead atoms. The van der Waals surface area contributed by atoms with E-state index in [2.05, 4.69) is 9.97 Å². The van der Waals surface area contributed by atoms with Gasteiger partial charge in [0, 0.05) is 18.0 Å². The van der Waals surface area contributed by atoms with E-state index in [1.54, 1.807) is 12.4 Å². The number of imidazole rings is 1. The molecule has 2 aromatic rings. The second-order valence-electron chi connectivity index (χ2n) is 3.24. The molecule has 0 saturated carbocycles. The summed E-state index contributed by atoms with van der Waals surface area (Å²) in [4.78, 5) is 18.4. The van der Waals surface area contributed by atoms with E-state index in [1.165, 1.54) is 17.8 Å². The van der Waals surface area contributed by atoms with E-state index in [0.29, 0.717) is 5.16 Å². The van der Waals surface area contributed by atoms with Crippen LogP contribution in [0.1, 0.15) is 10.4 Å². The normalized spacial score (nSPS) is 10.5. The summed E-state index contributed by atoms with van der Waals surface area (Å²) in [6.07, 6.45) is 3.22. The molecule has 0 fully saturated rings. The van der Waals surface area contributed by atoms with Crippen molar-refractivity contribution in [2.45, 2.75) is 5.16 Å². The predicted octanol–water partition coefficient (Wildman–Crippen LogP) is 2.66. The average molecular weight is 254 g/mol. The van der Waals surface area contributed by atoms with Crippen LogP contribution in [0.25, 0.3) is 0 Å². The largest absolute Gasteiger partial charge is 0.340 e. The van der Waals surface area contributed by atoms with Gasteiger partial charge in [-0.1, -0.05) is 11.8 Å². The molecule has 0 unspecified atom stereocenters. The first-order valence-electron chi connectivity index (χ1n) is 4.77. The fraction of sp³-hybridized carbons (Fsp3) is 0.0909. The second kappa shape index (κ2) is 5.09. The van der Waals surface area contributed by atoms with E-state index in [9.17, 15) is 13.6 Å². The maximum Gasteiger partial charge on any atom is 0.173 e. The molecular weight excluding hydrogens is 246 g/mol. The van der Waals surface area contributed by atoms with Crippen molar-refractivity contribution < 1.29 is 13.6 Å². The van der Waals surface area contributed by atoms with Crippen molar-refractivity contribution in [3.05, 3.63) is 47.8 Å². The zero-order valence-corrected chi connectivity index (χ0v) is 9.43. The summed E-state index contributed by atoms with van der Waals surface area (Å²) in [7, 11) is 0. The Bertz CT molecular complexity index is 528. The Morgan fingerprint density at radius 1 is 1.35 bits per heavy atom.